The van der Waals surface area contributed by atoms with Crippen molar-refractivity contribution in [1.29, 1.82) is 0 Å². The highest BCUT2D eigenvalue weighted by Gasteiger charge is 2.74. The third-order valence-electron chi connectivity index (χ3n) is 5.01. The molecule has 0 bridgehead atoms. The van der Waals surface area contributed by atoms with E-state index < -0.39 is 41.3 Å². The van der Waals surface area contributed by atoms with Gasteiger partial charge in [0.15, 0.2) is 0 Å². The summed E-state index contributed by atoms with van der Waals surface area (Å²) in [5, 5.41) is 21.3. The number of carbonyl (C=O) groups excluding carboxylic acids is 1. The molecular formula is C16H18N2O5. The van der Waals surface area contributed by atoms with Crippen molar-refractivity contribution in [3.05, 3.63) is 35.4 Å². The summed E-state index contributed by atoms with van der Waals surface area (Å²) in [6.07, 6.45) is 0.0407. The molecule has 7 heteroatoms. The molecule has 1 aromatic carbocycles. The molecule has 5 atom stereocenters. The van der Waals surface area contributed by atoms with Crippen LogP contribution in [0.2, 0.25) is 0 Å². The Morgan fingerprint density at radius 1 is 1.22 bits per heavy atom. The van der Waals surface area contributed by atoms with Gasteiger partial charge in [0.05, 0.1) is 5.92 Å². The minimum atomic E-state index is -1.60. The van der Waals surface area contributed by atoms with E-state index in [1.54, 1.807) is 24.3 Å². The van der Waals surface area contributed by atoms with Crippen LogP contribution in [0, 0.1) is 24.7 Å². The lowest BCUT2D eigenvalue weighted by atomic mass is 9.90. The zero-order valence-electron chi connectivity index (χ0n) is 12.5. The molecule has 5 N–H and O–H groups in total. The fraction of sp³-hybridized carbons (Fsp3) is 0.438. The molecule has 2 fully saturated rings. The van der Waals surface area contributed by atoms with Crippen molar-refractivity contribution < 1.29 is 24.6 Å². The number of fused-ring (bicyclic) bond motifs is 1. The first-order valence-electron chi connectivity index (χ1n) is 7.38. The Labute approximate surface area is 132 Å². The largest absolute Gasteiger partial charge is 0.481 e. The standard InChI is InChI=1S/C16H18N2O5/c1-7-2-4-8(5-3-7)13(19)18-9-6-16(17,15(22)23)12-10(9)11(12)14(20)21/h2-5,9-12H,6,17H2,1H3,(H,18,19)(H,20,21)(H,22,23)/t9?,10?,11-,12?,16?/m0/s1. The van der Waals surface area contributed by atoms with E-state index in [2.05, 4.69) is 5.32 Å². The Bertz CT molecular complexity index is 686. The predicted octanol–water partition coefficient (Wildman–Crippen LogP) is 0.226. The number of nitrogens with one attached hydrogen (secondary N) is 1. The average Bonchev–Trinajstić information content (AvgIpc) is 3.16. The Hall–Kier alpha value is -2.41. The number of carboxylic acids is 2. The maximum atomic E-state index is 12.3. The molecule has 122 valence electrons. The Balaban J connectivity index is 1.78. The molecule has 2 aliphatic carbocycles. The second-order valence-corrected chi connectivity index (χ2v) is 6.46. The van der Waals surface area contributed by atoms with Gasteiger partial charge in [0.1, 0.15) is 5.54 Å². The van der Waals surface area contributed by atoms with Crippen LogP contribution in [0.4, 0.5) is 0 Å². The van der Waals surface area contributed by atoms with E-state index in [-0.39, 0.29) is 12.3 Å². The highest BCUT2D eigenvalue weighted by atomic mass is 16.4. The molecule has 1 amide bonds. The van der Waals surface area contributed by atoms with E-state index in [0.29, 0.717) is 5.56 Å². The van der Waals surface area contributed by atoms with Crippen LogP contribution in [-0.4, -0.2) is 39.6 Å². The fourth-order valence-corrected chi connectivity index (χ4v) is 3.79. The lowest BCUT2D eigenvalue weighted by molar-refractivity contribution is -0.145. The summed E-state index contributed by atoms with van der Waals surface area (Å²) in [5.74, 6) is -4.51. The van der Waals surface area contributed by atoms with Gasteiger partial charge in [0, 0.05) is 17.5 Å². The summed E-state index contributed by atoms with van der Waals surface area (Å²) in [5.41, 5.74) is 5.79. The van der Waals surface area contributed by atoms with Gasteiger partial charge in [-0.2, -0.15) is 0 Å². The van der Waals surface area contributed by atoms with Crippen molar-refractivity contribution in [2.24, 2.45) is 23.5 Å². The highest BCUT2D eigenvalue weighted by Crippen LogP contribution is 2.61. The molecule has 0 aromatic heterocycles. The summed E-state index contributed by atoms with van der Waals surface area (Å²) >= 11 is 0. The van der Waals surface area contributed by atoms with Crippen LogP contribution in [0.3, 0.4) is 0 Å². The summed E-state index contributed by atoms with van der Waals surface area (Å²) in [6.45, 7) is 1.90. The van der Waals surface area contributed by atoms with Crippen molar-refractivity contribution in [2.75, 3.05) is 0 Å². The molecule has 2 saturated carbocycles. The molecule has 23 heavy (non-hydrogen) atoms. The Kier molecular flexibility index (Phi) is 3.40. The van der Waals surface area contributed by atoms with Crippen LogP contribution in [0.15, 0.2) is 24.3 Å². The summed E-state index contributed by atoms with van der Waals surface area (Å²) < 4.78 is 0. The number of nitrogens with two attached hydrogens (primary N) is 1. The van der Waals surface area contributed by atoms with Crippen molar-refractivity contribution in [1.82, 2.24) is 5.32 Å². The van der Waals surface area contributed by atoms with Crippen LogP contribution < -0.4 is 11.1 Å². The maximum Gasteiger partial charge on any atom is 0.324 e. The van der Waals surface area contributed by atoms with Gasteiger partial charge in [0.25, 0.3) is 5.91 Å². The number of aryl methyl sites for hydroxylation is 1. The lowest BCUT2D eigenvalue weighted by Gasteiger charge is -2.25. The minimum Gasteiger partial charge on any atom is -0.481 e. The SMILES string of the molecule is Cc1ccc(C(=O)NC2CC(N)(C(=O)O)C3C2[C@@H]3C(=O)O)cc1. The number of aliphatic carboxylic acids is 2. The van der Waals surface area contributed by atoms with Gasteiger partial charge in [-0.05, 0) is 31.4 Å². The summed E-state index contributed by atoms with van der Waals surface area (Å²) in [6, 6.07) is 6.40. The number of hydrogen-bond acceptors (Lipinski definition) is 4. The van der Waals surface area contributed by atoms with E-state index in [9.17, 15) is 24.6 Å². The first-order chi connectivity index (χ1) is 10.8. The quantitative estimate of drug-likeness (QED) is 0.628. The van der Waals surface area contributed by atoms with Crippen LogP contribution in [0.5, 0.6) is 0 Å². The molecule has 7 nitrogen and oxygen atoms in total. The van der Waals surface area contributed by atoms with E-state index in [1.807, 2.05) is 6.92 Å². The highest BCUT2D eigenvalue weighted by molar-refractivity contribution is 5.95. The number of benzene rings is 1. The topological polar surface area (TPSA) is 130 Å². The zero-order valence-corrected chi connectivity index (χ0v) is 12.5. The molecule has 1 aromatic rings. The Morgan fingerprint density at radius 3 is 2.35 bits per heavy atom. The average molecular weight is 318 g/mol. The number of hydrogen-bond donors (Lipinski definition) is 4. The van der Waals surface area contributed by atoms with Crippen molar-refractivity contribution >= 4 is 17.8 Å². The first kappa shape index (κ1) is 15.5. The monoisotopic (exact) mass is 318 g/mol. The molecule has 0 heterocycles. The zero-order chi connectivity index (χ0) is 16.9. The minimum absolute atomic E-state index is 0.0407. The second kappa shape index (κ2) is 5.06. The third-order valence-corrected chi connectivity index (χ3v) is 5.01. The molecule has 4 unspecified atom stereocenters. The van der Waals surface area contributed by atoms with Crippen LogP contribution in [-0.2, 0) is 9.59 Å². The predicted molar refractivity (Wildman–Crippen MR) is 79.7 cm³/mol. The summed E-state index contributed by atoms with van der Waals surface area (Å²) in [4.78, 5) is 35.0. The van der Waals surface area contributed by atoms with Gasteiger partial charge < -0.3 is 21.3 Å². The van der Waals surface area contributed by atoms with Gasteiger partial charge >= 0.3 is 11.9 Å². The van der Waals surface area contributed by atoms with Gasteiger partial charge in [0.2, 0.25) is 0 Å². The van der Waals surface area contributed by atoms with E-state index in [1.165, 1.54) is 0 Å². The van der Waals surface area contributed by atoms with E-state index >= 15 is 0 Å². The molecule has 0 spiro atoms. The lowest BCUT2D eigenvalue weighted by Crippen LogP contribution is -2.52. The molecule has 3 rings (SSSR count). The number of amides is 1. The van der Waals surface area contributed by atoms with Crippen LogP contribution in [0.1, 0.15) is 22.3 Å². The number of carboxylic acid groups (broad SMARTS) is 2. The Morgan fingerprint density at radius 2 is 1.83 bits per heavy atom. The maximum absolute atomic E-state index is 12.3. The van der Waals surface area contributed by atoms with Crippen molar-refractivity contribution in [2.45, 2.75) is 24.9 Å². The van der Waals surface area contributed by atoms with Crippen LogP contribution >= 0.6 is 0 Å². The normalized spacial score (nSPS) is 34.5. The number of rotatable bonds is 4. The fourth-order valence-electron chi connectivity index (χ4n) is 3.79. The van der Waals surface area contributed by atoms with Crippen LogP contribution in [0.25, 0.3) is 0 Å². The van der Waals surface area contributed by atoms with Gasteiger partial charge in [-0.3, -0.25) is 14.4 Å². The molecule has 2 aliphatic rings. The third kappa shape index (κ3) is 2.37. The number of carbonyl (C=O) groups is 3. The first-order valence-corrected chi connectivity index (χ1v) is 7.38. The second-order valence-electron chi connectivity index (χ2n) is 6.46. The van der Waals surface area contributed by atoms with Gasteiger partial charge in [-0.25, -0.2) is 0 Å². The molecule has 0 aliphatic heterocycles. The smallest absolute Gasteiger partial charge is 0.324 e. The van der Waals surface area contributed by atoms with E-state index in [0.717, 1.165) is 5.56 Å². The molecular weight excluding hydrogens is 300 g/mol. The van der Waals surface area contributed by atoms with Crippen molar-refractivity contribution in [3.63, 3.8) is 0 Å². The molecule has 0 radical (unpaired) electrons. The van der Waals surface area contributed by atoms with Gasteiger partial charge in [-0.15, -0.1) is 0 Å². The van der Waals surface area contributed by atoms with Crippen molar-refractivity contribution in [3.8, 4) is 0 Å². The molecule has 0 saturated heterocycles. The van der Waals surface area contributed by atoms with E-state index in [4.69, 9.17) is 5.73 Å². The summed E-state index contributed by atoms with van der Waals surface area (Å²) in [7, 11) is 0. The van der Waals surface area contributed by atoms with Gasteiger partial charge in [-0.1, -0.05) is 17.7 Å².